The molecule has 0 aliphatic carbocycles. The topological polar surface area (TPSA) is 51.3 Å². The van der Waals surface area contributed by atoms with Gasteiger partial charge >= 0.3 is 7.60 Å². The van der Waals surface area contributed by atoms with Crippen LogP contribution in [-0.4, -0.2) is 18.2 Å². The number of hydrogen-bond donors (Lipinski definition) is 1. The maximum atomic E-state index is 12.7. The van der Waals surface area contributed by atoms with Crippen molar-refractivity contribution >= 4 is 39.7 Å². The Morgan fingerprint density at radius 3 is 2.56 bits per heavy atom. The van der Waals surface area contributed by atoms with Crippen molar-refractivity contribution in [3.05, 3.63) is 28.9 Å². The van der Waals surface area contributed by atoms with Crippen molar-refractivity contribution in [3.63, 3.8) is 0 Å². The minimum absolute atomic E-state index is 0.345. The van der Waals surface area contributed by atoms with E-state index in [1.54, 1.807) is 19.9 Å². The molecule has 6 heteroatoms. The summed E-state index contributed by atoms with van der Waals surface area (Å²) >= 11 is 3.47. The van der Waals surface area contributed by atoms with Gasteiger partial charge in [0.05, 0.1) is 18.5 Å². The monoisotopic (exact) mass is 331 g/mol. The van der Waals surface area contributed by atoms with E-state index in [9.17, 15) is 4.57 Å². The van der Waals surface area contributed by atoms with E-state index in [2.05, 4.69) is 20.9 Å². The van der Waals surface area contributed by atoms with Crippen molar-refractivity contribution in [3.8, 4) is 0 Å². The number of benzene rings is 1. The van der Waals surface area contributed by atoms with E-state index in [-0.39, 0.29) is 0 Å². The molecule has 0 unspecified atom stereocenters. The second-order valence-corrected chi connectivity index (χ2v) is 6.58. The number of rotatable bonds is 5. The molecule has 0 radical (unpaired) electrons. The SMILES string of the molecule is CCOP(=O)(OCC)c1cc(Br)c2cc[nH]c2c1. The van der Waals surface area contributed by atoms with Crippen molar-refractivity contribution in [2.75, 3.05) is 13.2 Å². The maximum absolute atomic E-state index is 12.7. The Bertz CT molecular complexity index is 586. The smallest absolute Gasteiger partial charge is 0.361 e. The van der Waals surface area contributed by atoms with Gasteiger partial charge in [0.15, 0.2) is 0 Å². The Labute approximate surface area is 114 Å². The molecule has 0 atom stereocenters. The zero-order chi connectivity index (χ0) is 13.2. The summed E-state index contributed by atoms with van der Waals surface area (Å²) in [6.45, 7) is 4.29. The summed E-state index contributed by atoms with van der Waals surface area (Å²) in [5.74, 6) is 0. The number of halogens is 1. The second-order valence-electron chi connectivity index (χ2n) is 3.70. The van der Waals surface area contributed by atoms with Gasteiger partial charge in [0.25, 0.3) is 0 Å². The van der Waals surface area contributed by atoms with Crippen molar-refractivity contribution in [2.24, 2.45) is 0 Å². The molecule has 0 aliphatic rings. The number of fused-ring (bicyclic) bond motifs is 1. The summed E-state index contributed by atoms with van der Waals surface area (Å²) < 4.78 is 24.2. The fourth-order valence-corrected chi connectivity index (χ4v) is 4.19. The first-order chi connectivity index (χ1) is 8.60. The Balaban J connectivity index is 2.53. The van der Waals surface area contributed by atoms with Crippen molar-refractivity contribution < 1.29 is 13.6 Å². The van der Waals surface area contributed by atoms with E-state index < -0.39 is 7.60 Å². The van der Waals surface area contributed by atoms with Crippen LogP contribution in [0.2, 0.25) is 0 Å². The van der Waals surface area contributed by atoms with Gasteiger partial charge in [0, 0.05) is 21.6 Å². The lowest BCUT2D eigenvalue weighted by molar-refractivity contribution is 0.230. The van der Waals surface area contributed by atoms with Crippen LogP contribution in [0.1, 0.15) is 13.8 Å². The van der Waals surface area contributed by atoms with Crippen LogP contribution >= 0.6 is 23.5 Å². The number of nitrogens with one attached hydrogen (secondary N) is 1. The van der Waals surface area contributed by atoms with Gasteiger partial charge < -0.3 is 14.0 Å². The molecule has 0 amide bonds. The summed E-state index contributed by atoms with van der Waals surface area (Å²) in [4.78, 5) is 3.09. The van der Waals surface area contributed by atoms with Gasteiger partial charge in [-0.05, 0) is 32.0 Å². The van der Waals surface area contributed by atoms with E-state index in [0.717, 1.165) is 15.4 Å². The highest BCUT2D eigenvalue weighted by molar-refractivity contribution is 9.10. The van der Waals surface area contributed by atoms with Crippen LogP contribution in [0.4, 0.5) is 0 Å². The fourth-order valence-electron chi connectivity index (χ4n) is 1.79. The van der Waals surface area contributed by atoms with E-state index >= 15 is 0 Å². The van der Waals surface area contributed by atoms with Gasteiger partial charge in [0.2, 0.25) is 0 Å². The van der Waals surface area contributed by atoms with Crippen molar-refractivity contribution in [2.45, 2.75) is 13.8 Å². The lowest BCUT2D eigenvalue weighted by Gasteiger charge is -2.17. The third-order valence-corrected chi connectivity index (χ3v) is 5.26. The third kappa shape index (κ3) is 2.54. The highest BCUT2D eigenvalue weighted by Crippen LogP contribution is 2.47. The fraction of sp³-hybridized carbons (Fsp3) is 0.333. The Morgan fingerprint density at radius 2 is 1.94 bits per heavy atom. The molecule has 0 bridgehead atoms. The van der Waals surface area contributed by atoms with Gasteiger partial charge in [-0.25, -0.2) is 0 Å². The molecule has 0 saturated heterocycles. The van der Waals surface area contributed by atoms with E-state index in [0.29, 0.717) is 18.5 Å². The van der Waals surface area contributed by atoms with E-state index in [4.69, 9.17) is 9.05 Å². The standard InChI is InChI=1S/C12H15BrNO3P/c1-3-16-18(15,17-4-2)9-7-11(13)10-5-6-14-12(10)8-9/h5-8,14H,3-4H2,1-2H3. The molecule has 0 saturated carbocycles. The summed E-state index contributed by atoms with van der Waals surface area (Å²) in [6, 6.07) is 5.56. The highest BCUT2D eigenvalue weighted by atomic mass is 79.9. The summed E-state index contributed by atoms with van der Waals surface area (Å²) in [5.41, 5.74) is 0.902. The van der Waals surface area contributed by atoms with Crippen LogP contribution < -0.4 is 5.30 Å². The summed E-state index contributed by atoms with van der Waals surface area (Å²) in [5, 5.41) is 1.60. The molecule has 1 heterocycles. The van der Waals surface area contributed by atoms with Crippen LogP contribution in [-0.2, 0) is 13.6 Å². The van der Waals surface area contributed by atoms with Gasteiger partial charge in [-0.3, -0.25) is 4.57 Å². The van der Waals surface area contributed by atoms with Crippen molar-refractivity contribution in [1.29, 1.82) is 0 Å². The van der Waals surface area contributed by atoms with Crippen molar-refractivity contribution in [1.82, 2.24) is 4.98 Å². The Morgan fingerprint density at radius 1 is 1.28 bits per heavy atom. The van der Waals surface area contributed by atoms with E-state index in [1.165, 1.54) is 0 Å². The third-order valence-electron chi connectivity index (χ3n) is 2.52. The van der Waals surface area contributed by atoms with Crippen LogP contribution in [0.15, 0.2) is 28.9 Å². The molecule has 2 aromatic rings. The second kappa shape index (κ2) is 5.57. The van der Waals surface area contributed by atoms with Crippen LogP contribution in [0, 0.1) is 0 Å². The Hall–Kier alpha value is -0.610. The number of aromatic amines is 1. The highest BCUT2D eigenvalue weighted by Gasteiger charge is 2.27. The predicted molar refractivity (Wildman–Crippen MR) is 76.5 cm³/mol. The van der Waals surface area contributed by atoms with Gasteiger partial charge in [-0.15, -0.1) is 0 Å². The molecule has 2 rings (SSSR count). The van der Waals surface area contributed by atoms with Gasteiger partial charge in [-0.2, -0.15) is 0 Å². The summed E-state index contributed by atoms with van der Waals surface area (Å²) in [6.07, 6.45) is 1.84. The zero-order valence-corrected chi connectivity index (χ0v) is 12.8. The zero-order valence-electron chi connectivity index (χ0n) is 10.3. The maximum Gasteiger partial charge on any atom is 0.361 e. The largest absolute Gasteiger partial charge is 0.361 e. The lowest BCUT2D eigenvalue weighted by Crippen LogP contribution is -2.10. The first kappa shape index (κ1) is 13.8. The molecule has 1 aromatic carbocycles. The molecule has 98 valence electrons. The van der Waals surface area contributed by atoms with Crippen LogP contribution in [0.5, 0.6) is 0 Å². The number of aromatic nitrogens is 1. The average Bonchev–Trinajstić information content (AvgIpc) is 2.78. The summed E-state index contributed by atoms with van der Waals surface area (Å²) in [7, 11) is -3.23. The Kier molecular flexibility index (Phi) is 4.28. The minimum Gasteiger partial charge on any atom is -0.361 e. The van der Waals surface area contributed by atoms with Gasteiger partial charge in [-0.1, -0.05) is 15.9 Å². The molecule has 0 fully saturated rings. The average molecular weight is 332 g/mol. The molecule has 4 nitrogen and oxygen atoms in total. The van der Waals surface area contributed by atoms with Crippen LogP contribution in [0.25, 0.3) is 10.9 Å². The normalized spacial score (nSPS) is 12.2. The number of hydrogen-bond acceptors (Lipinski definition) is 3. The molecule has 0 aliphatic heterocycles. The van der Waals surface area contributed by atoms with Gasteiger partial charge in [0.1, 0.15) is 0 Å². The first-order valence-electron chi connectivity index (χ1n) is 5.77. The lowest BCUT2D eigenvalue weighted by atomic mass is 10.2. The quantitative estimate of drug-likeness (QED) is 0.847. The molecular formula is C12H15BrNO3P. The number of H-pyrrole nitrogens is 1. The molecule has 1 N–H and O–H groups in total. The van der Waals surface area contributed by atoms with E-state index in [1.807, 2.05) is 18.3 Å². The predicted octanol–water partition coefficient (Wildman–Crippen LogP) is 3.82. The molecule has 18 heavy (non-hydrogen) atoms. The minimum atomic E-state index is -3.23. The molecule has 1 aromatic heterocycles. The molecular weight excluding hydrogens is 317 g/mol. The molecule has 0 spiro atoms. The first-order valence-corrected chi connectivity index (χ1v) is 8.10. The van der Waals surface area contributed by atoms with Crippen LogP contribution in [0.3, 0.4) is 0 Å².